The van der Waals surface area contributed by atoms with E-state index in [-0.39, 0.29) is 6.61 Å². The molecule has 6 heteroatoms. The lowest BCUT2D eigenvalue weighted by atomic mass is 10.2. The first-order valence-electron chi connectivity index (χ1n) is 3.44. The van der Waals surface area contributed by atoms with E-state index in [0.717, 1.165) is 0 Å². The summed E-state index contributed by atoms with van der Waals surface area (Å²) in [5, 5.41) is 0. The van der Waals surface area contributed by atoms with Gasteiger partial charge in [0.05, 0.1) is 13.2 Å². The molecule has 0 aliphatic carbocycles. The fourth-order valence-electron chi connectivity index (χ4n) is 0.509. The molecule has 0 bridgehead atoms. The first-order valence-corrected chi connectivity index (χ1v) is 4.24. The summed E-state index contributed by atoms with van der Waals surface area (Å²) in [5.41, 5.74) is 0. The molecule has 1 nitrogen and oxygen atoms in total. The number of rotatable bonds is 6. The lowest BCUT2D eigenvalue weighted by molar-refractivity contribution is -0.158. The molecular weight excluding hydrogens is 256 g/mol. The minimum absolute atomic E-state index is 0.0734. The first-order chi connectivity index (χ1) is 5.81. The Labute approximate surface area is 81.9 Å². The van der Waals surface area contributed by atoms with E-state index in [2.05, 4.69) is 11.3 Å². The Morgan fingerprint density at radius 1 is 1.31 bits per heavy atom. The second-order valence-corrected chi connectivity index (χ2v) is 3.31. The van der Waals surface area contributed by atoms with Crippen molar-refractivity contribution in [3.63, 3.8) is 0 Å². The van der Waals surface area contributed by atoms with E-state index in [1.54, 1.807) is 15.9 Å². The van der Waals surface area contributed by atoms with Crippen molar-refractivity contribution in [3.05, 3.63) is 12.7 Å². The summed E-state index contributed by atoms with van der Waals surface area (Å²) in [6, 6.07) is 0. The molecule has 0 aliphatic rings. The van der Waals surface area contributed by atoms with Crippen molar-refractivity contribution in [3.8, 4) is 0 Å². The summed E-state index contributed by atoms with van der Waals surface area (Å²) in [7, 11) is 0. The van der Waals surface area contributed by atoms with Crippen LogP contribution >= 0.6 is 15.9 Å². The van der Waals surface area contributed by atoms with Gasteiger partial charge in [-0.1, -0.05) is 6.08 Å². The molecule has 0 aromatic rings. The molecule has 0 radical (unpaired) electrons. The zero-order valence-electron chi connectivity index (χ0n) is 6.70. The van der Waals surface area contributed by atoms with Crippen molar-refractivity contribution in [2.75, 3.05) is 13.2 Å². The van der Waals surface area contributed by atoms with Crippen LogP contribution in [0.25, 0.3) is 0 Å². The third-order valence-corrected chi connectivity index (χ3v) is 1.79. The molecule has 0 unspecified atom stereocenters. The van der Waals surface area contributed by atoms with Gasteiger partial charge in [-0.05, 0) is 15.9 Å². The first kappa shape index (κ1) is 12.9. The van der Waals surface area contributed by atoms with E-state index in [1.165, 1.54) is 6.08 Å². The summed E-state index contributed by atoms with van der Waals surface area (Å²) < 4.78 is 53.7. The van der Waals surface area contributed by atoms with Gasteiger partial charge in [0.25, 0.3) is 0 Å². The molecule has 0 rings (SSSR count). The molecule has 0 amide bonds. The number of hydrogen-bond acceptors (Lipinski definition) is 1. The van der Waals surface area contributed by atoms with E-state index in [0.29, 0.717) is 0 Å². The van der Waals surface area contributed by atoms with Crippen molar-refractivity contribution in [2.24, 2.45) is 0 Å². The average molecular weight is 265 g/mol. The van der Waals surface area contributed by atoms with Crippen LogP contribution in [0.1, 0.15) is 6.42 Å². The van der Waals surface area contributed by atoms with Gasteiger partial charge in [-0.2, -0.15) is 17.6 Å². The molecule has 0 saturated heterocycles. The maximum Gasteiger partial charge on any atom is 0.363 e. The molecule has 0 aromatic carbocycles. The van der Waals surface area contributed by atoms with Gasteiger partial charge >= 0.3 is 10.8 Å². The lowest BCUT2D eigenvalue weighted by Gasteiger charge is -2.20. The minimum atomic E-state index is -4.18. The molecule has 0 aliphatic heterocycles. The topological polar surface area (TPSA) is 9.23 Å². The monoisotopic (exact) mass is 264 g/mol. The van der Waals surface area contributed by atoms with Gasteiger partial charge in [-0.25, -0.2) is 0 Å². The molecule has 0 atom stereocenters. The molecule has 0 N–H and O–H groups in total. The number of hydrogen-bond donors (Lipinski definition) is 0. The number of alkyl halides is 5. The molecule has 78 valence electrons. The Bertz CT molecular complexity index is 166. The highest BCUT2D eigenvalue weighted by molar-refractivity contribution is 9.10. The standard InChI is InChI=1S/C7H9BrF4O/c1-2-4-13-5-3-6(9,10)7(8,11)12/h2H,1,3-5H2. The molecular formula is C7H9BrF4O. The van der Waals surface area contributed by atoms with E-state index < -0.39 is 23.8 Å². The summed E-state index contributed by atoms with van der Waals surface area (Å²) in [4.78, 5) is -4.18. The Morgan fingerprint density at radius 3 is 2.23 bits per heavy atom. The van der Waals surface area contributed by atoms with Gasteiger partial charge in [0, 0.05) is 6.42 Å². The highest BCUT2D eigenvalue weighted by atomic mass is 79.9. The fraction of sp³-hybridized carbons (Fsp3) is 0.714. The third kappa shape index (κ3) is 4.61. The summed E-state index contributed by atoms with van der Waals surface area (Å²) in [5.74, 6) is -4.09. The van der Waals surface area contributed by atoms with Crippen LogP contribution < -0.4 is 0 Å². The van der Waals surface area contributed by atoms with Crippen molar-refractivity contribution < 1.29 is 22.3 Å². The van der Waals surface area contributed by atoms with E-state index in [9.17, 15) is 17.6 Å². The van der Waals surface area contributed by atoms with Crippen LogP contribution in [0.4, 0.5) is 17.6 Å². The predicted octanol–water partition coefficient (Wildman–Crippen LogP) is 3.20. The van der Waals surface area contributed by atoms with Crippen LogP contribution in [0.3, 0.4) is 0 Å². The highest BCUT2D eigenvalue weighted by Gasteiger charge is 2.53. The van der Waals surface area contributed by atoms with E-state index >= 15 is 0 Å². The summed E-state index contributed by atoms with van der Waals surface area (Å²) in [6.45, 7) is 2.92. The summed E-state index contributed by atoms with van der Waals surface area (Å²) in [6.07, 6.45) is 0.323. The molecule has 0 spiro atoms. The second-order valence-electron chi connectivity index (χ2n) is 2.32. The van der Waals surface area contributed by atoms with Gasteiger partial charge in [0.2, 0.25) is 0 Å². The molecule has 0 fully saturated rings. The number of halogens is 5. The van der Waals surface area contributed by atoms with Crippen molar-refractivity contribution >= 4 is 15.9 Å². The second kappa shape index (κ2) is 4.95. The van der Waals surface area contributed by atoms with Gasteiger partial charge in [-0.3, -0.25) is 0 Å². The Balaban J connectivity index is 3.83. The Morgan fingerprint density at radius 2 is 1.85 bits per heavy atom. The van der Waals surface area contributed by atoms with Crippen LogP contribution in [-0.2, 0) is 4.74 Å². The van der Waals surface area contributed by atoms with Crippen molar-refractivity contribution in [1.29, 1.82) is 0 Å². The van der Waals surface area contributed by atoms with Crippen molar-refractivity contribution in [1.82, 2.24) is 0 Å². The summed E-state index contributed by atoms with van der Waals surface area (Å²) >= 11 is 1.61. The van der Waals surface area contributed by atoms with Crippen LogP contribution in [-0.4, -0.2) is 24.0 Å². The molecule has 13 heavy (non-hydrogen) atoms. The molecule has 0 saturated carbocycles. The lowest BCUT2D eigenvalue weighted by Crippen LogP contribution is -2.36. The van der Waals surface area contributed by atoms with Crippen LogP contribution in [0.5, 0.6) is 0 Å². The average Bonchev–Trinajstić information content (AvgIpc) is 1.96. The SMILES string of the molecule is C=CCOCCC(F)(F)C(F)(F)Br. The zero-order chi connectivity index (χ0) is 10.5. The minimum Gasteiger partial charge on any atom is -0.377 e. The van der Waals surface area contributed by atoms with Gasteiger partial charge < -0.3 is 4.74 Å². The Kier molecular flexibility index (Phi) is 4.91. The van der Waals surface area contributed by atoms with Gasteiger partial charge in [0.1, 0.15) is 0 Å². The van der Waals surface area contributed by atoms with Crippen LogP contribution in [0, 0.1) is 0 Å². The van der Waals surface area contributed by atoms with Gasteiger partial charge in [0.15, 0.2) is 0 Å². The predicted molar refractivity (Wildman–Crippen MR) is 44.5 cm³/mol. The molecule has 0 aromatic heterocycles. The smallest absolute Gasteiger partial charge is 0.363 e. The highest BCUT2D eigenvalue weighted by Crippen LogP contribution is 2.41. The maximum absolute atomic E-state index is 12.5. The third-order valence-electron chi connectivity index (χ3n) is 1.21. The quantitative estimate of drug-likeness (QED) is 0.310. The van der Waals surface area contributed by atoms with Gasteiger partial charge in [-0.15, -0.1) is 6.58 Å². The fourth-order valence-corrected chi connectivity index (χ4v) is 0.707. The van der Waals surface area contributed by atoms with Crippen LogP contribution in [0.2, 0.25) is 0 Å². The van der Waals surface area contributed by atoms with Crippen LogP contribution in [0.15, 0.2) is 12.7 Å². The molecule has 0 heterocycles. The van der Waals surface area contributed by atoms with E-state index in [1.807, 2.05) is 0 Å². The van der Waals surface area contributed by atoms with E-state index in [4.69, 9.17) is 0 Å². The van der Waals surface area contributed by atoms with Crippen molar-refractivity contribution in [2.45, 2.75) is 17.2 Å². The zero-order valence-corrected chi connectivity index (χ0v) is 8.29. The normalized spacial score (nSPS) is 13.0. The largest absolute Gasteiger partial charge is 0.377 e. The maximum atomic E-state index is 12.5. The Hall–Kier alpha value is -0.100. The number of ether oxygens (including phenoxy) is 1.